The van der Waals surface area contributed by atoms with Crippen molar-refractivity contribution in [2.75, 3.05) is 25.1 Å². The van der Waals surface area contributed by atoms with Gasteiger partial charge in [-0.05, 0) is 32.0 Å². The quantitative estimate of drug-likeness (QED) is 0.751. The zero-order valence-electron chi connectivity index (χ0n) is 10.7. The van der Waals surface area contributed by atoms with Gasteiger partial charge in [0.1, 0.15) is 0 Å². The predicted octanol–water partition coefficient (Wildman–Crippen LogP) is 2.53. The van der Waals surface area contributed by atoms with Crippen LogP contribution in [-0.2, 0) is 0 Å². The van der Waals surface area contributed by atoms with Crippen molar-refractivity contribution in [3.8, 4) is 0 Å². The molecule has 1 atom stereocenters. The van der Waals surface area contributed by atoms with E-state index in [0.717, 1.165) is 29.2 Å². The lowest BCUT2D eigenvalue weighted by Crippen LogP contribution is -2.45. The Kier molecular flexibility index (Phi) is 3.89. The van der Waals surface area contributed by atoms with Gasteiger partial charge in [0, 0.05) is 23.6 Å². The number of carbonyl (C=O) groups is 1. The fraction of sp³-hybridized carbons (Fsp3) is 0.500. The number of hydrogen-bond acceptors (Lipinski definition) is 3. The summed E-state index contributed by atoms with van der Waals surface area (Å²) in [6.07, 6.45) is 0. The number of Topliss-reactive ketones (excluding diaryl/α,β-unsaturated/α-hetero) is 1. The average Bonchev–Trinajstić information content (AvgIpc) is 2.32. The Labute approximate surface area is 107 Å². The fourth-order valence-corrected chi connectivity index (χ4v) is 3.37. The second-order valence-corrected chi connectivity index (χ2v) is 5.83. The molecule has 1 aromatic rings. The maximum absolute atomic E-state index is 12.5. The van der Waals surface area contributed by atoms with Crippen LogP contribution in [0.5, 0.6) is 0 Å². The minimum absolute atomic E-state index is 0.0502. The summed E-state index contributed by atoms with van der Waals surface area (Å²) in [6, 6.07) is 6.05. The number of nitrogens with zero attached hydrogens (tertiary/aromatic N) is 1. The van der Waals surface area contributed by atoms with E-state index >= 15 is 0 Å². The van der Waals surface area contributed by atoms with Crippen molar-refractivity contribution in [3.63, 3.8) is 0 Å². The van der Waals surface area contributed by atoms with Gasteiger partial charge in [0.05, 0.1) is 6.04 Å². The van der Waals surface area contributed by atoms with Gasteiger partial charge in [-0.25, -0.2) is 0 Å². The highest BCUT2D eigenvalue weighted by molar-refractivity contribution is 7.99. The highest BCUT2D eigenvalue weighted by Gasteiger charge is 2.27. The van der Waals surface area contributed by atoms with Crippen LogP contribution in [0.4, 0.5) is 0 Å². The molecule has 1 aromatic carbocycles. The van der Waals surface area contributed by atoms with E-state index in [2.05, 4.69) is 17.9 Å². The molecular weight excluding hydrogens is 230 g/mol. The molecule has 0 spiro atoms. The van der Waals surface area contributed by atoms with Crippen molar-refractivity contribution < 1.29 is 4.79 Å². The SMILES string of the molecule is Cc1cccc(C(=O)C2CSCCN2C)c1C. The van der Waals surface area contributed by atoms with E-state index in [4.69, 9.17) is 0 Å². The highest BCUT2D eigenvalue weighted by atomic mass is 32.2. The molecule has 0 radical (unpaired) electrons. The fourth-order valence-electron chi connectivity index (χ4n) is 2.16. The van der Waals surface area contributed by atoms with Gasteiger partial charge in [0.15, 0.2) is 5.78 Å². The molecule has 1 aliphatic heterocycles. The minimum atomic E-state index is 0.0502. The van der Waals surface area contributed by atoms with Crippen LogP contribution >= 0.6 is 11.8 Å². The van der Waals surface area contributed by atoms with E-state index in [1.54, 1.807) is 0 Å². The van der Waals surface area contributed by atoms with Crippen molar-refractivity contribution in [2.45, 2.75) is 19.9 Å². The second-order valence-electron chi connectivity index (χ2n) is 4.68. The van der Waals surface area contributed by atoms with E-state index < -0.39 is 0 Å². The van der Waals surface area contributed by atoms with Gasteiger partial charge in [0.2, 0.25) is 0 Å². The first-order chi connectivity index (χ1) is 8.11. The van der Waals surface area contributed by atoms with Gasteiger partial charge >= 0.3 is 0 Å². The standard InChI is InChI=1S/C14H19NOS/c1-10-5-4-6-12(11(10)2)14(16)13-9-17-8-7-15(13)3/h4-6,13H,7-9H2,1-3H3. The average molecular weight is 249 g/mol. The lowest BCUT2D eigenvalue weighted by molar-refractivity contribution is 0.0874. The molecule has 1 unspecified atom stereocenters. The first-order valence-electron chi connectivity index (χ1n) is 5.99. The summed E-state index contributed by atoms with van der Waals surface area (Å²) in [5.41, 5.74) is 3.22. The third-order valence-corrected chi connectivity index (χ3v) is 4.59. The third-order valence-electron chi connectivity index (χ3n) is 3.57. The molecule has 0 aliphatic carbocycles. The predicted molar refractivity (Wildman–Crippen MR) is 74.0 cm³/mol. The third kappa shape index (κ3) is 2.55. The molecule has 1 heterocycles. The van der Waals surface area contributed by atoms with Crippen LogP contribution in [0.15, 0.2) is 18.2 Å². The molecule has 1 saturated heterocycles. The maximum atomic E-state index is 12.5. The Morgan fingerprint density at radius 2 is 2.18 bits per heavy atom. The van der Waals surface area contributed by atoms with E-state index in [0.29, 0.717) is 0 Å². The first-order valence-corrected chi connectivity index (χ1v) is 7.15. The summed E-state index contributed by atoms with van der Waals surface area (Å²) >= 11 is 1.88. The van der Waals surface area contributed by atoms with Crippen LogP contribution in [0.1, 0.15) is 21.5 Å². The summed E-state index contributed by atoms with van der Waals surface area (Å²) < 4.78 is 0. The van der Waals surface area contributed by atoms with E-state index in [1.807, 2.05) is 37.9 Å². The lowest BCUT2D eigenvalue weighted by Gasteiger charge is -2.31. The lowest BCUT2D eigenvalue weighted by atomic mass is 9.96. The van der Waals surface area contributed by atoms with Crippen molar-refractivity contribution in [1.82, 2.24) is 4.90 Å². The second kappa shape index (κ2) is 5.23. The molecule has 1 fully saturated rings. The molecule has 0 saturated carbocycles. The van der Waals surface area contributed by atoms with Crippen LogP contribution in [0, 0.1) is 13.8 Å². The number of benzene rings is 1. The Bertz CT molecular complexity index is 430. The van der Waals surface area contributed by atoms with Gasteiger partial charge < -0.3 is 0 Å². The molecular formula is C14H19NOS. The number of hydrogen-bond donors (Lipinski definition) is 0. The number of rotatable bonds is 2. The molecule has 17 heavy (non-hydrogen) atoms. The molecule has 0 bridgehead atoms. The molecule has 0 amide bonds. The molecule has 0 N–H and O–H groups in total. The number of carbonyl (C=O) groups excluding carboxylic acids is 1. The van der Waals surface area contributed by atoms with E-state index in [1.165, 1.54) is 5.56 Å². The van der Waals surface area contributed by atoms with Crippen LogP contribution in [0.3, 0.4) is 0 Å². The molecule has 0 aromatic heterocycles. The number of aryl methyl sites for hydroxylation is 1. The van der Waals surface area contributed by atoms with E-state index in [9.17, 15) is 4.79 Å². The Hall–Kier alpha value is -0.800. The van der Waals surface area contributed by atoms with Crippen LogP contribution in [-0.4, -0.2) is 41.8 Å². The molecule has 1 aliphatic rings. The summed E-state index contributed by atoms with van der Waals surface area (Å²) in [7, 11) is 2.05. The van der Waals surface area contributed by atoms with Gasteiger partial charge in [-0.15, -0.1) is 0 Å². The summed E-state index contributed by atoms with van der Waals surface area (Å²) in [6.45, 7) is 5.11. The maximum Gasteiger partial charge on any atom is 0.181 e. The van der Waals surface area contributed by atoms with Crippen molar-refractivity contribution in [3.05, 3.63) is 34.9 Å². The molecule has 3 heteroatoms. The molecule has 2 rings (SSSR count). The zero-order valence-corrected chi connectivity index (χ0v) is 11.5. The Balaban J connectivity index is 2.27. The topological polar surface area (TPSA) is 20.3 Å². The van der Waals surface area contributed by atoms with Crippen LogP contribution in [0.25, 0.3) is 0 Å². The van der Waals surface area contributed by atoms with Gasteiger partial charge in [-0.2, -0.15) is 11.8 Å². The number of likely N-dealkylation sites (N-methyl/N-ethyl adjacent to an activating group) is 1. The van der Waals surface area contributed by atoms with Crippen molar-refractivity contribution in [1.29, 1.82) is 0 Å². The largest absolute Gasteiger partial charge is 0.295 e. The monoisotopic (exact) mass is 249 g/mol. The Morgan fingerprint density at radius 1 is 1.41 bits per heavy atom. The Morgan fingerprint density at radius 3 is 2.88 bits per heavy atom. The normalized spacial score (nSPS) is 21.5. The van der Waals surface area contributed by atoms with Crippen molar-refractivity contribution >= 4 is 17.5 Å². The van der Waals surface area contributed by atoms with E-state index in [-0.39, 0.29) is 11.8 Å². The molecule has 2 nitrogen and oxygen atoms in total. The number of thioether (sulfide) groups is 1. The summed E-state index contributed by atoms with van der Waals surface area (Å²) in [5, 5.41) is 0. The van der Waals surface area contributed by atoms with Gasteiger partial charge in [-0.3, -0.25) is 9.69 Å². The van der Waals surface area contributed by atoms with Gasteiger partial charge in [-0.1, -0.05) is 18.2 Å². The first kappa shape index (κ1) is 12.7. The summed E-state index contributed by atoms with van der Waals surface area (Å²) in [4.78, 5) is 14.7. The zero-order chi connectivity index (χ0) is 12.4. The molecule has 92 valence electrons. The van der Waals surface area contributed by atoms with Gasteiger partial charge in [0.25, 0.3) is 0 Å². The van der Waals surface area contributed by atoms with Crippen molar-refractivity contribution in [2.24, 2.45) is 0 Å². The highest BCUT2D eigenvalue weighted by Crippen LogP contribution is 2.21. The summed E-state index contributed by atoms with van der Waals surface area (Å²) in [5.74, 6) is 2.33. The number of ketones is 1. The van der Waals surface area contributed by atoms with Crippen LogP contribution < -0.4 is 0 Å². The van der Waals surface area contributed by atoms with Crippen LogP contribution in [0.2, 0.25) is 0 Å². The minimum Gasteiger partial charge on any atom is -0.295 e. The smallest absolute Gasteiger partial charge is 0.181 e.